The minimum absolute atomic E-state index is 0.0322. The second-order valence-electron chi connectivity index (χ2n) is 3.81. The van der Waals surface area contributed by atoms with E-state index in [0.29, 0.717) is 0 Å². The van der Waals surface area contributed by atoms with Gasteiger partial charge >= 0.3 is 5.88 Å². The van der Waals surface area contributed by atoms with E-state index in [9.17, 15) is 19.3 Å². The van der Waals surface area contributed by atoms with Gasteiger partial charge in [-0.25, -0.2) is 4.39 Å². The van der Waals surface area contributed by atoms with Crippen LogP contribution in [0.15, 0.2) is 28.7 Å². The zero-order valence-corrected chi connectivity index (χ0v) is 10.4. The van der Waals surface area contributed by atoms with Gasteiger partial charge in [0.15, 0.2) is 5.76 Å². The van der Waals surface area contributed by atoms with Crippen molar-refractivity contribution in [2.24, 2.45) is 0 Å². The maximum absolute atomic E-state index is 13.2. The number of nitro groups is 1. The Morgan fingerprint density at radius 1 is 1.42 bits per heavy atom. The first kappa shape index (κ1) is 13.2. The first-order chi connectivity index (χ1) is 8.90. The van der Waals surface area contributed by atoms with Crippen LogP contribution in [0.2, 0.25) is 5.02 Å². The van der Waals surface area contributed by atoms with Crippen LogP contribution in [0, 0.1) is 22.9 Å². The number of rotatable bonds is 3. The molecule has 0 unspecified atom stereocenters. The van der Waals surface area contributed by atoms with Gasteiger partial charge in [-0.05, 0) is 30.7 Å². The highest BCUT2D eigenvalue weighted by Gasteiger charge is 2.21. The molecule has 0 aliphatic carbocycles. The van der Waals surface area contributed by atoms with Crippen molar-refractivity contribution in [2.45, 2.75) is 6.92 Å². The lowest BCUT2D eigenvalue weighted by molar-refractivity contribution is -0.402. The van der Waals surface area contributed by atoms with E-state index in [0.717, 1.165) is 12.1 Å². The molecule has 0 aliphatic rings. The average Bonchev–Trinajstić information content (AvgIpc) is 2.82. The molecule has 0 aliphatic heterocycles. The van der Waals surface area contributed by atoms with Crippen LogP contribution in [0.5, 0.6) is 0 Å². The maximum atomic E-state index is 13.2. The lowest BCUT2D eigenvalue weighted by Gasteiger charge is -2.03. The van der Waals surface area contributed by atoms with Gasteiger partial charge in [-0.15, -0.1) is 0 Å². The van der Waals surface area contributed by atoms with Crippen LogP contribution in [0.25, 0.3) is 0 Å². The fraction of sp³-hybridized carbons (Fsp3) is 0.0833. The summed E-state index contributed by atoms with van der Waals surface area (Å²) in [7, 11) is 0. The summed E-state index contributed by atoms with van der Waals surface area (Å²) >= 11 is 5.78. The third-order valence-electron chi connectivity index (χ3n) is 2.49. The number of hydrogen-bond donors (Lipinski definition) is 0. The zero-order chi connectivity index (χ0) is 14.2. The first-order valence-corrected chi connectivity index (χ1v) is 5.52. The van der Waals surface area contributed by atoms with Crippen molar-refractivity contribution in [1.29, 1.82) is 0 Å². The molecule has 0 fully saturated rings. The molecule has 2 rings (SSSR count). The Kier molecular flexibility index (Phi) is 3.35. The molecule has 0 radical (unpaired) electrons. The lowest BCUT2D eigenvalue weighted by Crippen LogP contribution is -2.02. The molecule has 7 heteroatoms. The van der Waals surface area contributed by atoms with Crippen molar-refractivity contribution in [2.75, 3.05) is 0 Å². The number of benzene rings is 1. The molecule has 0 amide bonds. The molecule has 2 aromatic rings. The predicted molar refractivity (Wildman–Crippen MR) is 64.9 cm³/mol. The van der Waals surface area contributed by atoms with E-state index in [1.54, 1.807) is 0 Å². The minimum atomic E-state index is -0.756. The SMILES string of the molecule is Cc1cc(C(=O)c2ccc([N+](=O)[O-])o2)c(Cl)cc1F. The fourth-order valence-electron chi connectivity index (χ4n) is 1.51. The lowest BCUT2D eigenvalue weighted by atomic mass is 10.1. The monoisotopic (exact) mass is 283 g/mol. The summed E-state index contributed by atoms with van der Waals surface area (Å²) in [5, 5.41) is 10.4. The highest BCUT2D eigenvalue weighted by atomic mass is 35.5. The Labute approximate surface area is 111 Å². The third-order valence-corrected chi connectivity index (χ3v) is 2.80. The number of hydrogen-bond acceptors (Lipinski definition) is 4. The topological polar surface area (TPSA) is 73.3 Å². The van der Waals surface area contributed by atoms with Crippen molar-refractivity contribution >= 4 is 23.3 Å². The molecule has 5 nitrogen and oxygen atoms in total. The van der Waals surface area contributed by atoms with Crippen molar-refractivity contribution in [3.63, 3.8) is 0 Å². The zero-order valence-electron chi connectivity index (χ0n) is 9.65. The molecule has 0 bridgehead atoms. The van der Waals surface area contributed by atoms with Gasteiger partial charge in [0.25, 0.3) is 0 Å². The van der Waals surface area contributed by atoms with Crippen LogP contribution < -0.4 is 0 Å². The van der Waals surface area contributed by atoms with Gasteiger partial charge in [-0.2, -0.15) is 0 Å². The largest absolute Gasteiger partial charge is 0.433 e. The third kappa shape index (κ3) is 2.48. The van der Waals surface area contributed by atoms with Crippen LogP contribution in [-0.2, 0) is 0 Å². The van der Waals surface area contributed by atoms with Crippen LogP contribution in [0.1, 0.15) is 21.7 Å². The predicted octanol–water partition coefficient (Wildman–Crippen LogP) is 3.52. The first-order valence-electron chi connectivity index (χ1n) is 5.14. The molecule has 1 aromatic carbocycles. The van der Waals surface area contributed by atoms with Gasteiger partial charge in [0.1, 0.15) is 10.7 Å². The number of ketones is 1. The molecular formula is C12H7ClFNO4. The van der Waals surface area contributed by atoms with Crippen molar-refractivity contribution < 1.29 is 18.5 Å². The van der Waals surface area contributed by atoms with E-state index in [1.807, 2.05) is 0 Å². The Morgan fingerprint density at radius 2 is 2.11 bits per heavy atom. The summed E-state index contributed by atoms with van der Waals surface area (Å²) in [6.45, 7) is 1.48. The van der Waals surface area contributed by atoms with E-state index < -0.39 is 22.4 Å². The number of nitrogens with zero attached hydrogens (tertiary/aromatic N) is 1. The molecule has 0 spiro atoms. The average molecular weight is 284 g/mol. The van der Waals surface area contributed by atoms with Crippen LogP contribution >= 0.6 is 11.6 Å². The Hall–Kier alpha value is -2.21. The van der Waals surface area contributed by atoms with Gasteiger partial charge < -0.3 is 4.42 Å². The second-order valence-corrected chi connectivity index (χ2v) is 4.21. The summed E-state index contributed by atoms with van der Waals surface area (Å²) in [5.41, 5.74) is 0.277. The van der Waals surface area contributed by atoms with E-state index in [2.05, 4.69) is 0 Å². The highest BCUT2D eigenvalue weighted by molar-refractivity contribution is 6.34. The van der Waals surface area contributed by atoms with E-state index in [1.165, 1.54) is 19.1 Å². The summed E-state index contributed by atoms with van der Waals surface area (Å²) in [5.74, 6) is -1.94. The molecule has 0 saturated carbocycles. The number of halogens is 2. The summed E-state index contributed by atoms with van der Waals surface area (Å²) in [6.07, 6.45) is 0. The van der Waals surface area contributed by atoms with Gasteiger partial charge in [0.05, 0.1) is 11.1 Å². The maximum Gasteiger partial charge on any atom is 0.433 e. The van der Waals surface area contributed by atoms with E-state index in [4.69, 9.17) is 16.0 Å². The molecule has 1 heterocycles. The Bertz CT molecular complexity index is 680. The van der Waals surface area contributed by atoms with Gasteiger partial charge in [-0.1, -0.05) is 11.6 Å². The molecular weight excluding hydrogens is 277 g/mol. The van der Waals surface area contributed by atoms with Crippen LogP contribution in [0.3, 0.4) is 0 Å². The van der Waals surface area contributed by atoms with Gasteiger partial charge in [-0.3, -0.25) is 14.9 Å². The summed E-state index contributed by atoms with van der Waals surface area (Å²) in [6, 6.07) is 4.53. The molecule has 19 heavy (non-hydrogen) atoms. The number of furan rings is 1. The van der Waals surface area contributed by atoms with Crippen molar-refractivity contribution in [3.05, 3.63) is 62.1 Å². The highest BCUT2D eigenvalue weighted by Crippen LogP contribution is 2.25. The normalized spacial score (nSPS) is 10.5. The van der Waals surface area contributed by atoms with Gasteiger partial charge in [0.2, 0.25) is 5.78 Å². The molecule has 0 N–H and O–H groups in total. The minimum Gasteiger partial charge on any atom is -0.397 e. The molecule has 0 saturated heterocycles. The Morgan fingerprint density at radius 3 is 2.68 bits per heavy atom. The molecule has 1 aromatic heterocycles. The number of aryl methyl sites for hydroxylation is 1. The molecule has 98 valence electrons. The quantitative estimate of drug-likeness (QED) is 0.491. The number of carbonyl (C=O) groups excluding carboxylic acids is 1. The second kappa shape index (κ2) is 4.81. The Balaban J connectivity index is 2.43. The van der Waals surface area contributed by atoms with Crippen LogP contribution in [-0.4, -0.2) is 10.7 Å². The molecule has 0 atom stereocenters. The fourth-order valence-corrected chi connectivity index (χ4v) is 1.75. The van der Waals surface area contributed by atoms with E-state index >= 15 is 0 Å². The van der Waals surface area contributed by atoms with E-state index in [-0.39, 0.29) is 21.9 Å². The van der Waals surface area contributed by atoms with Crippen LogP contribution in [0.4, 0.5) is 10.3 Å². The van der Waals surface area contributed by atoms with Gasteiger partial charge in [0, 0.05) is 5.56 Å². The van der Waals surface area contributed by atoms with Crippen molar-refractivity contribution in [3.8, 4) is 0 Å². The summed E-state index contributed by atoms with van der Waals surface area (Å²) < 4.78 is 18.0. The standard InChI is InChI=1S/C12H7ClFNO4/c1-6-4-7(8(13)5-9(6)14)12(16)10-2-3-11(19-10)15(17)18/h2-5H,1H3. The number of carbonyl (C=O) groups is 1. The van der Waals surface area contributed by atoms with Crippen molar-refractivity contribution in [1.82, 2.24) is 0 Å². The smallest absolute Gasteiger partial charge is 0.397 e. The summed E-state index contributed by atoms with van der Waals surface area (Å²) in [4.78, 5) is 21.8.